The molecule has 0 spiro atoms. The smallest absolute Gasteiger partial charge is 0.0210 e. The highest BCUT2D eigenvalue weighted by Gasteiger charge is 2.12. The van der Waals surface area contributed by atoms with Gasteiger partial charge in [0.2, 0.25) is 0 Å². The molecule has 0 amide bonds. The summed E-state index contributed by atoms with van der Waals surface area (Å²) in [6.07, 6.45) is 0. The normalized spacial score (nSPS) is 15.7. The molecule has 0 fully saturated rings. The van der Waals surface area contributed by atoms with Crippen LogP contribution in [0.5, 0.6) is 0 Å². The summed E-state index contributed by atoms with van der Waals surface area (Å²) in [5, 5.41) is 0. The molecule has 0 N–H and O–H groups in total. The number of hydrogen-bond acceptors (Lipinski definition) is 0. The van der Waals surface area contributed by atoms with Crippen molar-refractivity contribution in [2.75, 3.05) is 0 Å². The molecule has 0 nitrogen and oxygen atoms in total. The van der Waals surface area contributed by atoms with E-state index in [0.717, 1.165) is 0 Å². The van der Waals surface area contributed by atoms with E-state index in [1.165, 1.54) is 10.0 Å². The Bertz CT molecular complexity index is 256. The zero-order valence-corrected chi connectivity index (χ0v) is 10.4. The van der Waals surface area contributed by atoms with Crippen LogP contribution in [0.4, 0.5) is 0 Å². The van der Waals surface area contributed by atoms with Crippen molar-refractivity contribution in [3.05, 3.63) is 34.3 Å². The Labute approximate surface area is 90.6 Å². The molecule has 2 atom stereocenters. The largest absolute Gasteiger partial charge is 0.0887 e. The molecule has 0 bridgehead atoms. The van der Waals surface area contributed by atoms with Crippen LogP contribution in [-0.4, -0.2) is 4.83 Å². The fourth-order valence-electron chi connectivity index (χ4n) is 1.09. The van der Waals surface area contributed by atoms with E-state index >= 15 is 0 Å². The maximum Gasteiger partial charge on any atom is 0.0210 e. The standard InChI is InChI=1S/C10H12Br2/c1-7(8(2)11)9-5-3-4-6-10(9)12/h3-8H,1-2H3. The fraction of sp³-hybridized carbons (Fsp3) is 0.400. The zero-order chi connectivity index (χ0) is 9.14. The fourth-order valence-corrected chi connectivity index (χ4v) is 2.02. The molecule has 2 heteroatoms. The molecular weight excluding hydrogens is 280 g/mol. The van der Waals surface area contributed by atoms with Gasteiger partial charge in [-0.1, -0.05) is 63.9 Å². The summed E-state index contributed by atoms with van der Waals surface area (Å²) >= 11 is 7.13. The summed E-state index contributed by atoms with van der Waals surface area (Å²) in [5.74, 6) is 0.542. The van der Waals surface area contributed by atoms with Gasteiger partial charge in [0.15, 0.2) is 0 Å². The van der Waals surface area contributed by atoms with Gasteiger partial charge in [-0.15, -0.1) is 0 Å². The number of hydrogen-bond donors (Lipinski definition) is 0. The monoisotopic (exact) mass is 290 g/mol. The molecule has 1 aromatic rings. The first kappa shape index (κ1) is 10.3. The summed E-state index contributed by atoms with van der Waals surface area (Å²) in [7, 11) is 0. The van der Waals surface area contributed by atoms with Crippen LogP contribution in [0, 0.1) is 0 Å². The highest BCUT2D eigenvalue weighted by molar-refractivity contribution is 9.10. The van der Waals surface area contributed by atoms with E-state index in [2.05, 4.69) is 63.9 Å². The van der Waals surface area contributed by atoms with Crippen LogP contribution in [0.15, 0.2) is 28.7 Å². The third-order valence-corrected chi connectivity index (χ3v) is 3.60. The zero-order valence-electron chi connectivity index (χ0n) is 7.22. The highest BCUT2D eigenvalue weighted by atomic mass is 79.9. The van der Waals surface area contributed by atoms with Gasteiger partial charge in [-0.25, -0.2) is 0 Å². The van der Waals surface area contributed by atoms with E-state index in [9.17, 15) is 0 Å². The third-order valence-electron chi connectivity index (χ3n) is 2.08. The number of halogens is 2. The van der Waals surface area contributed by atoms with Gasteiger partial charge in [-0.05, 0) is 17.5 Å². The van der Waals surface area contributed by atoms with Crippen LogP contribution in [0.25, 0.3) is 0 Å². The SMILES string of the molecule is CC(Br)C(C)c1ccccc1Br. The maximum absolute atomic E-state index is 3.59. The lowest BCUT2D eigenvalue weighted by molar-refractivity contribution is 0.758. The van der Waals surface area contributed by atoms with Crippen LogP contribution in [-0.2, 0) is 0 Å². The molecule has 0 saturated carbocycles. The quantitative estimate of drug-likeness (QED) is 0.711. The second kappa shape index (κ2) is 4.43. The van der Waals surface area contributed by atoms with Gasteiger partial charge >= 0.3 is 0 Å². The molecule has 66 valence electrons. The topological polar surface area (TPSA) is 0 Å². The first-order valence-electron chi connectivity index (χ1n) is 4.01. The van der Waals surface area contributed by atoms with Crippen LogP contribution >= 0.6 is 31.9 Å². The van der Waals surface area contributed by atoms with Crippen molar-refractivity contribution in [2.24, 2.45) is 0 Å². The Morgan fingerprint density at radius 2 is 1.75 bits per heavy atom. The molecule has 0 aliphatic heterocycles. The summed E-state index contributed by atoms with van der Waals surface area (Å²) in [6, 6.07) is 8.36. The van der Waals surface area contributed by atoms with E-state index in [-0.39, 0.29) is 0 Å². The van der Waals surface area contributed by atoms with E-state index in [0.29, 0.717) is 10.7 Å². The summed E-state index contributed by atoms with van der Waals surface area (Å²) in [4.78, 5) is 0.510. The van der Waals surface area contributed by atoms with E-state index < -0.39 is 0 Å². The molecule has 2 unspecified atom stereocenters. The summed E-state index contributed by atoms with van der Waals surface area (Å²) in [5.41, 5.74) is 1.36. The molecule has 1 aromatic carbocycles. The minimum Gasteiger partial charge on any atom is -0.0887 e. The molecule has 0 aromatic heterocycles. The average molecular weight is 292 g/mol. The van der Waals surface area contributed by atoms with Gasteiger partial charge in [-0.3, -0.25) is 0 Å². The molecule has 0 aliphatic carbocycles. The lowest BCUT2D eigenvalue weighted by Crippen LogP contribution is -2.04. The van der Waals surface area contributed by atoms with Crippen molar-refractivity contribution in [1.82, 2.24) is 0 Å². The molecule has 0 aliphatic rings. The Morgan fingerprint density at radius 1 is 1.17 bits per heavy atom. The van der Waals surface area contributed by atoms with Crippen LogP contribution in [0.1, 0.15) is 25.3 Å². The second-order valence-corrected chi connectivity index (χ2v) is 5.29. The molecule has 0 heterocycles. The highest BCUT2D eigenvalue weighted by Crippen LogP contribution is 2.29. The Balaban J connectivity index is 2.94. The van der Waals surface area contributed by atoms with E-state index in [1.807, 2.05) is 6.07 Å². The molecule has 0 radical (unpaired) electrons. The van der Waals surface area contributed by atoms with Crippen molar-refractivity contribution in [3.63, 3.8) is 0 Å². The predicted molar refractivity (Wildman–Crippen MR) is 60.9 cm³/mol. The van der Waals surface area contributed by atoms with E-state index in [1.54, 1.807) is 0 Å². The third kappa shape index (κ3) is 2.33. The minimum atomic E-state index is 0.510. The first-order chi connectivity index (χ1) is 5.63. The van der Waals surface area contributed by atoms with Crippen LogP contribution < -0.4 is 0 Å². The lowest BCUT2D eigenvalue weighted by Gasteiger charge is -2.15. The number of benzene rings is 1. The van der Waals surface area contributed by atoms with E-state index in [4.69, 9.17) is 0 Å². The van der Waals surface area contributed by atoms with Gasteiger partial charge in [0.05, 0.1) is 0 Å². The van der Waals surface area contributed by atoms with Gasteiger partial charge in [-0.2, -0.15) is 0 Å². The van der Waals surface area contributed by atoms with Crippen molar-refractivity contribution < 1.29 is 0 Å². The molecular formula is C10H12Br2. The number of alkyl halides is 1. The minimum absolute atomic E-state index is 0.510. The molecule has 12 heavy (non-hydrogen) atoms. The average Bonchev–Trinajstić information content (AvgIpc) is 2.04. The first-order valence-corrected chi connectivity index (χ1v) is 5.72. The van der Waals surface area contributed by atoms with Crippen LogP contribution in [0.3, 0.4) is 0 Å². The van der Waals surface area contributed by atoms with Crippen molar-refractivity contribution in [2.45, 2.75) is 24.6 Å². The number of rotatable bonds is 2. The summed E-state index contributed by atoms with van der Waals surface area (Å²) in [6.45, 7) is 4.39. The molecule has 0 saturated heterocycles. The van der Waals surface area contributed by atoms with Crippen LogP contribution in [0.2, 0.25) is 0 Å². The van der Waals surface area contributed by atoms with Gasteiger partial charge in [0.25, 0.3) is 0 Å². The molecule has 1 rings (SSSR count). The summed E-state index contributed by atoms with van der Waals surface area (Å²) < 4.78 is 1.20. The Morgan fingerprint density at radius 3 is 2.25 bits per heavy atom. The second-order valence-electron chi connectivity index (χ2n) is 2.99. The van der Waals surface area contributed by atoms with Gasteiger partial charge < -0.3 is 0 Å². The Hall–Kier alpha value is 0.180. The van der Waals surface area contributed by atoms with Crippen molar-refractivity contribution >= 4 is 31.9 Å². The predicted octanol–water partition coefficient (Wildman–Crippen LogP) is 4.34. The van der Waals surface area contributed by atoms with Gasteiger partial charge in [0, 0.05) is 9.30 Å². The van der Waals surface area contributed by atoms with Gasteiger partial charge in [0.1, 0.15) is 0 Å². The Kier molecular flexibility index (Phi) is 3.78. The maximum atomic E-state index is 3.59. The lowest BCUT2D eigenvalue weighted by atomic mass is 9.99. The van der Waals surface area contributed by atoms with Crippen molar-refractivity contribution in [3.8, 4) is 0 Å². The van der Waals surface area contributed by atoms with Crippen molar-refractivity contribution in [1.29, 1.82) is 0 Å².